The Morgan fingerprint density at radius 3 is 1.61 bits per heavy atom. The molecular formula is C53H36N6. The molecule has 0 bridgehead atoms. The van der Waals surface area contributed by atoms with Gasteiger partial charge in [-0.25, -0.2) is 9.97 Å². The molecular weight excluding hydrogens is 721 g/mol. The number of benzene rings is 7. The maximum Gasteiger partial charge on any atom is 0.159 e. The predicted molar refractivity (Wildman–Crippen MR) is 242 cm³/mol. The highest BCUT2D eigenvalue weighted by molar-refractivity contribution is 6.19. The molecule has 0 spiro atoms. The van der Waals surface area contributed by atoms with Crippen molar-refractivity contribution in [2.45, 2.75) is 0 Å². The van der Waals surface area contributed by atoms with Crippen LogP contribution in [0.25, 0.3) is 77.9 Å². The average molecular weight is 757 g/mol. The summed E-state index contributed by atoms with van der Waals surface area (Å²) in [7, 11) is 0. The number of pyridine rings is 1. The zero-order valence-corrected chi connectivity index (χ0v) is 32.0. The summed E-state index contributed by atoms with van der Waals surface area (Å²) >= 11 is 0. The molecule has 0 amide bonds. The first-order chi connectivity index (χ1) is 29.3. The van der Waals surface area contributed by atoms with Gasteiger partial charge in [0, 0.05) is 80.5 Å². The molecule has 278 valence electrons. The van der Waals surface area contributed by atoms with Crippen LogP contribution in [0.3, 0.4) is 0 Å². The monoisotopic (exact) mass is 756 g/mol. The molecule has 4 aromatic heterocycles. The second kappa shape index (κ2) is 14.4. The van der Waals surface area contributed by atoms with Crippen LogP contribution < -0.4 is 4.90 Å². The van der Waals surface area contributed by atoms with Crippen LogP contribution in [-0.2, 0) is 0 Å². The fourth-order valence-corrected chi connectivity index (χ4v) is 8.34. The molecule has 6 nitrogen and oxygen atoms in total. The molecule has 0 aliphatic rings. The molecule has 6 heteroatoms. The van der Waals surface area contributed by atoms with Crippen molar-refractivity contribution in [1.29, 1.82) is 0 Å². The zero-order chi connectivity index (χ0) is 39.1. The van der Waals surface area contributed by atoms with Crippen LogP contribution in [-0.4, -0.2) is 24.1 Å². The van der Waals surface area contributed by atoms with Crippen LogP contribution in [0.4, 0.5) is 17.1 Å². The van der Waals surface area contributed by atoms with Gasteiger partial charge < -0.3 is 14.0 Å². The van der Waals surface area contributed by atoms with E-state index in [1.165, 1.54) is 32.7 Å². The summed E-state index contributed by atoms with van der Waals surface area (Å²) < 4.78 is 4.69. The van der Waals surface area contributed by atoms with E-state index in [-0.39, 0.29) is 0 Å². The molecule has 0 atom stereocenters. The first-order valence-corrected chi connectivity index (χ1v) is 19.8. The Morgan fingerprint density at radius 1 is 0.373 bits per heavy atom. The van der Waals surface area contributed by atoms with Crippen LogP contribution in [0, 0.1) is 0 Å². The number of hydrogen-bond acceptors (Lipinski definition) is 4. The van der Waals surface area contributed by atoms with Gasteiger partial charge >= 0.3 is 0 Å². The average Bonchev–Trinajstić information content (AvgIpc) is 3.90. The second-order valence-electron chi connectivity index (χ2n) is 14.6. The Labute approximate surface area is 341 Å². The van der Waals surface area contributed by atoms with Gasteiger partial charge in [0.15, 0.2) is 5.82 Å². The zero-order valence-electron chi connectivity index (χ0n) is 32.0. The minimum absolute atomic E-state index is 0.702. The van der Waals surface area contributed by atoms with Crippen molar-refractivity contribution in [3.63, 3.8) is 0 Å². The van der Waals surface area contributed by atoms with E-state index in [1.54, 1.807) is 12.4 Å². The van der Waals surface area contributed by atoms with Gasteiger partial charge in [-0.3, -0.25) is 4.98 Å². The lowest BCUT2D eigenvalue weighted by Crippen LogP contribution is -2.09. The van der Waals surface area contributed by atoms with Crippen molar-refractivity contribution in [2.75, 3.05) is 4.90 Å². The molecule has 0 saturated heterocycles. The summed E-state index contributed by atoms with van der Waals surface area (Å²) in [6.07, 6.45) is 7.56. The number of hydrogen-bond donors (Lipinski definition) is 0. The van der Waals surface area contributed by atoms with Gasteiger partial charge in [-0.15, -0.1) is 0 Å². The third kappa shape index (κ3) is 6.11. The van der Waals surface area contributed by atoms with Gasteiger partial charge in [-0.05, 0) is 126 Å². The quantitative estimate of drug-likeness (QED) is 0.155. The van der Waals surface area contributed by atoms with Gasteiger partial charge in [0.05, 0.1) is 22.2 Å². The molecule has 0 unspecified atom stereocenters. The van der Waals surface area contributed by atoms with Crippen molar-refractivity contribution in [1.82, 2.24) is 24.1 Å². The number of fused-ring (bicyclic) bond motifs is 5. The second-order valence-corrected chi connectivity index (χ2v) is 14.6. The van der Waals surface area contributed by atoms with E-state index in [2.05, 4.69) is 205 Å². The summed E-state index contributed by atoms with van der Waals surface area (Å²) in [6.45, 7) is 0. The Hall–Kier alpha value is -8.09. The molecule has 11 aromatic rings. The Balaban J connectivity index is 1.00. The van der Waals surface area contributed by atoms with E-state index >= 15 is 0 Å². The van der Waals surface area contributed by atoms with E-state index in [9.17, 15) is 0 Å². The largest absolute Gasteiger partial charge is 0.316 e. The topological polar surface area (TPSA) is 51.8 Å². The highest BCUT2D eigenvalue weighted by atomic mass is 15.1. The lowest BCUT2D eigenvalue weighted by atomic mass is 10.0. The van der Waals surface area contributed by atoms with E-state index in [0.717, 1.165) is 56.4 Å². The molecule has 0 aliphatic heterocycles. The number of para-hydroxylation sites is 2. The molecule has 4 heterocycles. The van der Waals surface area contributed by atoms with Gasteiger partial charge in [0.25, 0.3) is 0 Å². The summed E-state index contributed by atoms with van der Waals surface area (Å²) in [5, 5.41) is 3.66. The Kier molecular flexibility index (Phi) is 8.37. The van der Waals surface area contributed by atoms with Gasteiger partial charge in [-0.2, -0.15) is 0 Å². The van der Waals surface area contributed by atoms with Crippen LogP contribution in [0.15, 0.2) is 219 Å². The molecule has 0 aliphatic carbocycles. The first-order valence-electron chi connectivity index (χ1n) is 19.8. The van der Waals surface area contributed by atoms with Crippen molar-refractivity contribution < 1.29 is 0 Å². The fraction of sp³-hybridized carbons (Fsp3) is 0. The van der Waals surface area contributed by atoms with Crippen LogP contribution in [0.2, 0.25) is 0 Å². The molecule has 11 rings (SSSR count). The van der Waals surface area contributed by atoms with Crippen molar-refractivity contribution >= 4 is 49.8 Å². The molecule has 7 aromatic carbocycles. The summed E-state index contributed by atoms with van der Waals surface area (Å²) in [6, 6.07) is 68.7. The predicted octanol–water partition coefficient (Wildman–Crippen LogP) is 13.4. The van der Waals surface area contributed by atoms with Gasteiger partial charge in [0.2, 0.25) is 0 Å². The van der Waals surface area contributed by atoms with Crippen molar-refractivity contribution in [3.05, 3.63) is 219 Å². The highest BCUT2D eigenvalue weighted by Gasteiger charge is 2.19. The summed E-state index contributed by atoms with van der Waals surface area (Å²) in [5.74, 6) is 0.702. The Morgan fingerprint density at radius 2 is 0.949 bits per heavy atom. The SMILES string of the molecule is c1ccc(-n2ccc3c2ccc2c4cc(-c5ccc(N(c6ccc(-c7ccccn7)cc6)c6ccc(-c7ncccn7)cc6)cc5)ccc4n(-c4ccccc4)c23)cc1. The molecule has 59 heavy (non-hydrogen) atoms. The highest BCUT2D eigenvalue weighted by Crippen LogP contribution is 2.41. The van der Waals surface area contributed by atoms with E-state index in [0.29, 0.717) is 5.82 Å². The molecule has 0 saturated carbocycles. The molecule has 0 N–H and O–H groups in total. The van der Waals surface area contributed by atoms with Crippen LogP contribution >= 0.6 is 0 Å². The van der Waals surface area contributed by atoms with Gasteiger partial charge in [0.1, 0.15) is 0 Å². The van der Waals surface area contributed by atoms with E-state index in [4.69, 9.17) is 0 Å². The number of anilines is 3. The summed E-state index contributed by atoms with van der Waals surface area (Å²) in [5.41, 5.74) is 14.3. The van der Waals surface area contributed by atoms with E-state index in [1.807, 2.05) is 30.5 Å². The van der Waals surface area contributed by atoms with Crippen molar-refractivity contribution in [2.24, 2.45) is 0 Å². The summed E-state index contributed by atoms with van der Waals surface area (Å²) in [4.78, 5) is 15.8. The molecule has 0 fully saturated rings. The third-order valence-electron chi connectivity index (χ3n) is 11.1. The maximum atomic E-state index is 4.57. The standard InChI is InChI=1S/C53H36N6/c1-3-10-41(11-4-1)57-35-31-47-50(57)30-28-46-48-36-40(21-29-51(48)59(52(46)47)42-12-5-2-6-13-42)37-15-22-43(23-16-37)58(44-24-17-38(18-25-44)49-14-7-8-32-54-49)45-26-19-39(20-27-45)53-55-33-9-34-56-53/h1-36H. The minimum atomic E-state index is 0.702. The molecule has 0 radical (unpaired) electrons. The maximum absolute atomic E-state index is 4.57. The third-order valence-corrected chi connectivity index (χ3v) is 11.1. The number of aromatic nitrogens is 5. The van der Waals surface area contributed by atoms with Crippen molar-refractivity contribution in [3.8, 4) is 45.1 Å². The number of rotatable bonds is 8. The van der Waals surface area contributed by atoms with Gasteiger partial charge in [-0.1, -0.05) is 78.9 Å². The van der Waals surface area contributed by atoms with Crippen LogP contribution in [0.5, 0.6) is 0 Å². The minimum Gasteiger partial charge on any atom is -0.316 e. The smallest absolute Gasteiger partial charge is 0.159 e. The lowest BCUT2D eigenvalue weighted by Gasteiger charge is -2.26. The first kappa shape index (κ1) is 34.2. The normalized spacial score (nSPS) is 11.4. The van der Waals surface area contributed by atoms with Crippen LogP contribution in [0.1, 0.15) is 0 Å². The number of nitrogens with zero attached hydrogens (tertiary/aromatic N) is 6. The Bertz CT molecular complexity index is 3130. The lowest BCUT2D eigenvalue weighted by molar-refractivity contribution is 1.13. The fourth-order valence-electron chi connectivity index (χ4n) is 8.34. The van der Waals surface area contributed by atoms with E-state index < -0.39 is 0 Å².